The quantitative estimate of drug-likeness (QED) is 0.764. The van der Waals surface area contributed by atoms with Crippen LogP contribution in [-0.2, 0) is 4.79 Å². The Morgan fingerprint density at radius 3 is 2.53 bits per heavy atom. The maximum atomic E-state index is 11.9. The Kier molecular flexibility index (Phi) is 3.02. The Labute approximate surface area is 101 Å². The van der Waals surface area contributed by atoms with Crippen molar-refractivity contribution >= 4 is 12.0 Å². The van der Waals surface area contributed by atoms with Gasteiger partial charge in [0.05, 0.1) is 5.41 Å². The highest BCUT2D eigenvalue weighted by Crippen LogP contribution is 2.31. The van der Waals surface area contributed by atoms with E-state index >= 15 is 0 Å². The molecular weight excluding hydrogens is 220 g/mol. The summed E-state index contributed by atoms with van der Waals surface area (Å²) in [4.78, 5) is 24.6. The number of aliphatic carboxylic acids is 1. The van der Waals surface area contributed by atoms with Gasteiger partial charge in [-0.3, -0.25) is 4.79 Å². The number of carboxylic acid groups (broad SMARTS) is 1. The molecule has 0 aromatic heterocycles. The van der Waals surface area contributed by atoms with E-state index < -0.39 is 11.4 Å². The van der Waals surface area contributed by atoms with E-state index in [2.05, 4.69) is 12.2 Å². The molecule has 2 fully saturated rings. The number of amides is 2. The first-order valence-corrected chi connectivity index (χ1v) is 6.19. The Morgan fingerprint density at radius 1 is 1.41 bits per heavy atom. The van der Waals surface area contributed by atoms with Gasteiger partial charge in [-0.25, -0.2) is 4.79 Å². The van der Waals surface area contributed by atoms with E-state index in [0.29, 0.717) is 25.4 Å². The SMILES string of the molecule is CC1CC(NC(=O)N2CCC(C)(C(=O)O)C2)C1. The summed E-state index contributed by atoms with van der Waals surface area (Å²) in [6.45, 7) is 4.72. The first-order valence-electron chi connectivity index (χ1n) is 6.19. The Balaban J connectivity index is 1.84. The monoisotopic (exact) mass is 240 g/mol. The number of nitrogens with zero attached hydrogens (tertiary/aromatic N) is 1. The molecule has 5 heteroatoms. The first kappa shape index (κ1) is 12.2. The second kappa shape index (κ2) is 4.20. The zero-order chi connectivity index (χ0) is 12.6. The van der Waals surface area contributed by atoms with E-state index in [1.165, 1.54) is 0 Å². The van der Waals surface area contributed by atoms with E-state index in [0.717, 1.165) is 12.8 Å². The van der Waals surface area contributed by atoms with Crippen molar-refractivity contribution in [3.05, 3.63) is 0 Å². The van der Waals surface area contributed by atoms with Crippen LogP contribution in [0.4, 0.5) is 4.79 Å². The molecule has 2 N–H and O–H groups in total. The minimum atomic E-state index is -0.815. The van der Waals surface area contributed by atoms with Gasteiger partial charge in [-0.05, 0) is 32.1 Å². The van der Waals surface area contributed by atoms with Crippen LogP contribution in [-0.4, -0.2) is 41.1 Å². The lowest BCUT2D eigenvalue weighted by Gasteiger charge is -2.34. The minimum absolute atomic E-state index is 0.105. The molecular formula is C12H20N2O3. The summed E-state index contributed by atoms with van der Waals surface area (Å²) in [7, 11) is 0. The molecule has 0 aromatic carbocycles. The lowest BCUT2D eigenvalue weighted by Crippen LogP contribution is -2.49. The third-order valence-electron chi connectivity index (χ3n) is 3.98. The number of hydrogen-bond acceptors (Lipinski definition) is 2. The fraction of sp³-hybridized carbons (Fsp3) is 0.833. The topological polar surface area (TPSA) is 69.6 Å². The number of urea groups is 1. The van der Waals surface area contributed by atoms with Crippen LogP contribution in [0.15, 0.2) is 0 Å². The molecule has 2 amide bonds. The molecule has 2 rings (SSSR count). The van der Waals surface area contributed by atoms with Crippen molar-refractivity contribution in [3.8, 4) is 0 Å². The lowest BCUT2D eigenvalue weighted by atomic mass is 9.82. The van der Waals surface area contributed by atoms with Gasteiger partial charge in [-0.1, -0.05) is 6.92 Å². The van der Waals surface area contributed by atoms with Gasteiger partial charge in [0, 0.05) is 19.1 Å². The molecule has 0 radical (unpaired) electrons. The molecule has 0 spiro atoms. The number of hydrogen-bond donors (Lipinski definition) is 2. The Bertz CT molecular complexity index is 339. The second-order valence-electron chi connectivity index (χ2n) is 5.76. The van der Waals surface area contributed by atoms with Gasteiger partial charge < -0.3 is 15.3 Å². The summed E-state index contributed by atoms with van der Waals surface area (Å²) >= 11 is 0. The summed E-state index contributed by atoms with van der Waals surface area (Å²) in [5.41, 5.74) is -0.774. The zero-order valence-electron chi connectivity index (χ0n) is 10.4. The summed E-state index contributed by atoms with van der Waals surface area (Å²) in [6.07, 6.45) is 2.61. The third kappa shape index (κ3) is 2.37. The summed E-state index contributed by atoms with van der Waals surface area (Å²) in [5.74, 6) is -0.117. The fourth-order valence-corrected chi connectivity index (χ4v) is 2.60. The van der Waals surface area contributed by atoms with E-state index in [-0.39, 0.29) is 12.1 Å². The van der Waals surface area contributed by atoms with Gasteiger partial charge in [-0.2, -0.15) is 0 Å². The van der Waals surface area contributed by atoms with Crippen LogP contribution >= 0.6 is 0 Å². The molecule has 0 aromatic rings. The smallest absolute Gasteiger partial charge is 0.317 e. The molecule has 0 bridgehead atoms. The van der Waals surface area contributed by atoms with Crippen molar-refractivity contribution in [1.82, 2.24) is 10.2 Å². The molecule has 1 aliphatic carbocycles. The van der Waals surface area contributed by atoms with Crippen molar-refractivity contribution in [2.75, 3.05) is 13.1 Å². The highest BCUT2D eigenvalue weighted by molar-refractivity contribution is 5.79. The van der Waals surface area contributed by atoms with E-state index in [1.54, 1.807) is 11.8 Å². The Morgan fingerprint density at radius 2 is 2.06 bits per heavy atom. The maximum Gasteiger partial charge on any atom is 0.317 e. The van der Waals surface area contributed by atoms with Crippen LogP contribution in [0.3, 0.4) is 0 Å². The van der Waals surface area contributed by atoms with Gasteiger partial charge in [0.2, 0.25) is 0 Å². The summed E-state index contributed by atoms with van der Waals surface area (Å²) in [5, 5.41) is 12.0. The predicted octanol–water partition coefficient (Wildman–Crippen LogP) is 1.29. The summed E-state index contributed by atoms with van der Waals surface area (Å²) in [6, 6.07) is 0.182. The Hall–Kier alpha value is -1.26. The van der Waals surface area contributed by atoms with Crippen LogP contribution < -0.4 is 5.32 Å². The van der Waals surface area contributed by atoms with Gasteiger partial charge in [0.15, 0.2) is 0 Å². The average molecular weight is 240 g/mol. The molecule has 1 aliphatic heterocycles. The molecule has 2 aliphatic rings. The van der Waals surface area contributed by atoms with Gasteiger partial charge in [0.25, 0.3) is 0 Å². The second-order valence-corrected chi connectivity index (χ2v) is 5.76. The number of carbonyl (C=O) groups is 2. The minimum Gasteiger partial charge on any atom is -0.481 e. The summed E-state index contributed by atoms with van der Waals surface area (Å²) < 4.78 is 0. The van der Waals surface area contributed by atoms with Crippen molar-refractivity contribution in [2.45, 2.75) is 39.2 Å². The molecule has 1 atom stereocenters. The number of likely N-dealkylation sites (tertiary alicyclic amines) is 1. The molecule has 5 nitrogen and oxygen atoms in total. The molecule has 1 unspecified atom stereocenters. The maximum absolute atomic E-state index is 11.9. The molecule has 17 heavy (non-hydrogen) atoms. The standard InChI is InChI=1S/C12H20N2O3/c1-8-5-9(6-8)13-11(17)14-4-3-12(2,7-14)10(15)16/h8-9H,3-7H2,1-2H3,(H,13,17)(H,15,16). The number of nitrogens with one attached hydrogen (secondary N) is 1. The lowest BCUT2D eigenvalue weighted by molar-refractivity contribution is -0.146. The molecule has 96 valence electrons. The molecule has 1 saturated heterocycles. The van der Waals surface area contributed by atoms with E-state index in [9.17, 15) is 9.59 Å². The third-order valence-corrected chi connectivity index (χ3v) is 3.98. The number of rotatable bonds is 2. The van der Waals surface area contributed by atoms with Crippen molar-refractivity contribution < 1.29 is 14.7 Å². The van der Waals surface area contributed by atoms with E-state index in [1.807, 2.05) is 0 Å². The zero-order valence-corrected chi connectivity index (χ0v) is 10.4. The first-order chi connectivity index (χ1) is 7.90. The van der Waals surface area contributed by atoms with Crippen LogP contribution in [0.5, 0.6) is 0 Å². The predicted molar refractivity (Wildman–Crippen MR) is 62.7 cm³/mol. The van der Waals surface area contributed by atoms with Gasteiger partial charge in [0.1, 0.15) is 0 Å². The fourth-order valence-electron chi connectivity index (χ4n) is 2.60. The van der Waals surface area contributed by atoms with Crippen LogP contribution in [0.2, 0.25) is 0 Å². The van der Waals surface area contributed by atoms with Gasteiger partial charge >= 0.3 is 12.0 Å². The van der Waals surface area contributed by atoms with Crippen LogP contribution in [0.25, 0.3) is 0 Å². The normalized spacial score (nSPS) is 36.5. The van der Waals surface area contributed by atoms with Crippen LogP contribution in [0, 0.1) is 11.3 Å². The highest BCUT2D eigenvalue weighted by atomic mass is 16.4. The largest absolute Gasteiger partial charge is 0.481 e. The van der Waals surface area contributed by atoms with E-state index in [4.69, 9.17) is 5.11 Å². The molecule has 1 saturated carbocycles. The van der Waals surface area contributed by atoms with Crippen molar-refractivity contribution in [3.63, 3.8) is 0 Å². The van der Waals surface area contributed by atoms with Crippen molar-refractivity contribution in [1.29, 1.82) is 0 Å². The number of carbonyl (C=O) groups excluding carboxylic acids is 1. The highest BCUT2D eigenvalue weighted by Gasteiger charge is 2.42. The average Bonchev–Trinajstić information content (AvgIpc) is 2.60. The molecule has 1 heterocycles. The van der Waals surface area contributed by atoms with Gasteiger partial charge in [-0.15, -0.1) is 0 Å². The van der Waals surface area contributed by atoms with Crippen molar-refractivity contribution in [2.24, 2.45) is 11.3 Å². The van der Waals surface area contributed by atoms with Crippen LogP contribution in [0.1, 0.15) is 33.1 Å². The number of carboxylic acids is 1.